The number of nitrogens with one attached hydrogen (secondary N) is 1. The van der Waals surface area contributed by atoms with E-state index >= 15 is 0 Å². The predicted octanol–water partition coefficient (Wildman–Crippen LogP) is 5.46. The highest BCUT2D eigenvalue weighted by atomic mass is 32.2. The van der Waals surface area contributed by atoms with Crippen molar-refractivity contribution in [3.63, 3.8) is 0 Å². The van der Waals surface area contributed by atoms with Gasteiger partial charge in [0, 0.05) is 29.1 Å². The van der Waals surface area contributed by atoms with Crippen LogP contribution in [0.4, 0.5) is 11.5 Å². The Kier molecular flexibility index (Phi) is 7.55. The summed E-state index contributed by atoms with van der Waals surface area (Å²) in [7, 11) is -3.38. The lowest BCUT2D eigenvalue weighted by atomic mass is 10.1. The highest BCUT2D eigenvalue weighted by molar-refractivity contribution is 7.90. The highest BCUT2D eigenvalue weighted by Gasteiger charge is 2.21. The number of rotatable bonds is 9. The predicted molar refractivity (Wildman–Crippen MR) is 144 cm³/mol. The van der Waals surface area contributed by atoms with Crippen LogP contribution in [0, 0.1) is 0 Å². The van der Waals surface area contributed by atoms with Crippen molar-refractivity contribution in [1.29, 1.82) is 0 Å². The van der Waals surface area contributed by atoms with E-state index in [9.17, 15) is 13.2 Å². The van der Waals surface area contributed by atoms with Crippen LogP contribution in [0.3, 0.4) is 0 Å². The number of nitrogens with zero attached hydrogens (tertiary/aromatic N) is 1. The van der Waals surface area contributed by atoms with Gasteiger partial charge in [-0.15, -0.1) is 0 Å². The molecule has 1 heterocycles. The molecule has 0 saturated heterocycles. The molecule has 0 spiro atoms. The molecule has 0 saturated carbocycles. The molecule has 1 atom stereocenters. The Morgan fingerprint density at radius 1 is 1.06 bits per heavy atom. The molecule has 7 nitrogen and oxygen atoms in total. The second kappa shape index (κ2) is 10.8. The number of ether oxygens (including phenoxy) is 1. The summed E-state index contributed by atoms with van der Waals surface area (Å²) in [5.74, 6) is 0.697. The smallest absolute Gasteiger partial charge is 0.265 e. The van der Waals surface area contributed by atoms with Crippen LogP contribution in [-0.2, 0) is 14.6 Å². The number of anilines is 2. The summed E-state index contributed by atoms with van der Waals surface area (Å²) >= 11 is 0. The summed E-state index contributed by atoms with van der Waals surface area (Å²) < 4.78 is 30.4. The summed E-state index contributed by atoms with van der Waals surface area (Å²) in [6.45, 7) is 2.06. The average molecular weight is 504 g/mol. The maximum absolute atomic E-state index is 13.1. The van der Waals surface area contributed by atoms with Crippen molar-refractivity contribution in [2.75, 3.05) is 17.3 Å². The molecular weight excluding hydrogens is 474 g/mol. The number of sulfone groups is 1. The number of amides is 1. The fourth-order valence-electron chi connectivity index (χ4n) is 4.02. The molecule has 0 aliphatic carbocycles. The lowest BCUT2D eigenvalue weighted by Crippen LogP contribution is -2.33. The van der Waals surface area contributed by atoms with E-state index in [1.54, 1.807) is 60.8 Å². The minimum absolute atomic E-state index is 0.257. The van der Waals surface area contributed by atoms with Crippen molar-refractivity contribution in [1.82, 2.24) is 4.98 Å². The van der Waals surface area contributed by atoms with Crippen LogP contribution < -0.4 is 15.8 Å². The number of benzene rings is 3. The van der Waals surface area contributed by atoms with Gasteiger partial charge in [-0.1, -0.05) is 49.7 Å². The molecule has 36 heavy (non-hydrogen) atoms. The third kappa shape index (κ3) is 5.83. The van der Waals surface area contributed by atoms with Crippen LogP contribution in [0.15, 0.2) is 83.9 Å². The maximum Gasteiger partial charge on any atom is 0.265 e. The lowest BCUT2D eigenvalue weighted by Gasteiger charge is -2.19. The summed E-state index contributed by atoms with van der Waals surface area (Å²) in [4.78, 5) is 17.5. The van der Waals surface area contributed by atoms with Gasteiger partial charge in [-0.25, -0.2) is 13.4 Å². The van der Waals surface area contributed by atoms with Crippen molar-refractivity contribution >= 4 is 38.0 Å². The van der Waals surface area contributed by atoms with Gasteiger partial charge < -0.3 is 15.8 Å². The van der Waals surface area contributed by atoms with Crippen LogP contribution in [0.1, 0.15) is 26.2 Å². The summed E-state index contributed by atoms with van der Waals surface area (Å²) in [5.41, 5.74) is 7.96. The van der Waals surface area contributed by atoms with Gasteiger partial charge in [-0.05, 0) is 60.2 Å². The number of hydrogen-bond donors (Lipinski definition) is 2. The molecule has 8 heteroatoms. The quantitative estimate of drug-likeness (QED) is 0.314. The zero-order valence-electron chi connectivity index (χ0n) is 20.3. The number of nitrogen functional groups attached to an aromatic ring is 1. The normalized spacial score (nSPS) is 12.3. The molecule has 0 aliphatic rings. The largest absolute Gasteiger partial charge is 0.481 e. The number of carbonyl (C=O) groups excluding carboxylic acids is 1. The molecule has 0 bridgehead atoms. The van der Waals surface area contributed by atoms with E-state index in [1.165, 1.54) is 6.26 Å². The highest BCUT2D eigenvalue weighted by Crippen LogP contribution is 2.29. The van der Waals surface area contributed by atoms with Gasteiger partial charge in [0.2, 0.25) is 0 Å². The number of carbonyl (C=O) groups is 1. The summed E-state index contributed by atoms with van der Waals surface area (Å²) in [5, 5.41) is 4.64. The van der Waals surface area contributed by atoms with Gasteiger partial charge in [-0.3, -0.25) is 4.79 Å². The molecule has 4 rings (SSSR count). The molecule has 0 aliphatic heterocycles. The van der Waals surface area contributed by atoms with Gasteiger partial charge in [0.05, 0.1) is 4.90 Å². The van der Waals surface area contributed by atoms with Crippen molar-refractivity contribution in [3.8, 4) is 16.9 Å². The zero-order valence-corrected chi connectivity index (χ0v) is 21.1. The number of fused-ring (bicyclic) bond motifs is 1. The Balaban J connectivity index is 1.52. The van der Waals surface area contributed by atoms with Crippen molar-refractivity contribution in [3.05, 3.63) is 79.0 Å². The van der Waals surface area contributed by atoms with Gasteiger partial charge in [0.25, 0.3) is 5.91 Å². The molecule has 186 valence electrons. The van der Waals surface area contributed by atoms with E-state index in [0.29, 0.717) is 29.2 Å². The first-order valence-corrected chi connectivity index (χ1v) is 13.7. The van der Waals surface area contributed by atoms with Gasteiger partial charge in [-0.2, -0.15) is 0 Å². The van der Waals surface area contributed by atoms with Gasteiger partial charge >= 0.3 is 0 Å². The first-order valence-electron chi connectivity index (χ1n) is 11.8. The minimum atomic E-state index is -3.38. The van der Waals surface area contributed by atoms with Crippen LogP contribution in [0.25, 0.3) is 21.9 Å². The second-order valence-electron chi connectivity index (χ2n) is 8.66. The maximum atomic E-state index is 13.1. The van der Waals surface area contributed by atoms with Crippen LogP contribution in [-0.4, -0.2) is 31.7 Å². The number of nitrogens with two attached hydrogens (primary N) is 1. The molecule has 3 N–H and O–H groups in total. The fourth-order valence-corrected chi connectivity index (χ4v) is 4.94. The molecule has 0 fully saturated rings. The minimum Gasteiger partial charge on any atom is -0.481 e. The summed E-state index contributed by atoms with van der Waals surface area (Å²) in [6.07, 6.45) is 4.47. The first kappa shape index (κ1) is 25.2. The molecule has 3 aromatic carbocycles. The second-order valence-corrected chi connectivity index (χ2v) is 10.6. The number of aromatic nitrogens is 1. The van der Waals surface area contributed by atoms with Crippen LogP contribution >= 0.6 is 0 Å². The average Bonchev–Trinajstić information content (AvgIpc) is 2.87. The van der Waals surface area contributed by atoms with Crippen molar-refractivity contribution in [2.24, 2.45) is 0 Å². The third-order valence-corrected chi connectivity index (χ3v) is 7.06. The third-order valence-electron chi connectivity index (χ3n) is 5.91. The van der Waals surface area contributed by atoms with E-state index in [2.05, 4.69) is 17.2 Å². The van der Waals surface area contributed by atoms with E-state index in [0.717, 1.165) is 29.2 Å². The Hall–Kier alpha value is -3.91. The molecule has 1 unspecified atom stereocenters. The Bertz CT molecular complexity index is 1480. The summed E-state index contributed by atoms with van der Waals surface area (Å²) in [6, 6.07) is 21.3. The Labute approximate surface area is 211 Å². The van der Waals surface area contributed by atoms with Gasteiger partial charge in [0.1, 0.15) is 11.6 Å². The number of pyridine rings is 1. The molecule has 4 aromatic rings. The molecule has 1 aromatic heterocycles. The molecule has 1 amide bonds. The van der Waals surface area contributed by atoms with E-state index in [-0.39, 0.29) is 10.8 Å². The van der Waals surface area contributed by atoms with Crippen molar-refractivity contribution in [2.45, 2.75) is 37.2 Å². The Morgan fingerprint density at radius 3 is 2.53 bits per heavy atom. The molecule has 0 radical (unpaired) electrons. The monoisotopic (exact) mass is 503 g/mol. The van der Waals surface area contributed by atoms with Crippen LogP contribution in [0.5, 0.6) is 5.75 Å². The fraction of sp³-hybridized carbons (Fsp3) is 0.214. The number of hydrogen-bond acceptors (Lipinski definition) is 6. The van der Waals surface area contributed by atoms with E-state index < -0.39 is 15.9 Å². The van der Waals surface area contributed by atoms with E-state index in [4.69, 9.17) is 10.5 Å². The SMILES string of the molecule is CCCCC(Oc1ccc2ccnc(N)c2c1)C(=O)Nc1ccc(-c2ccccc2S(C)(=O)=O)cc1. The zero-order chi connectivity index (χ0) is 25.7. The van der Waals surface area contributed by atoms with Gasteiger partial charge in [0.15, 0.2) is 15.9 Å². The van der Waals surface area contributed by atoms with Crippen molar-refractivity contribution < 1.29 is 17.9 Å². The van der Waals surface area contributed by atoms with E-state index in [1.807, 2.05) is 18.2 Å². The topological polar surface area (TPSA) is 111 Å². The first-order chi connectivity index (χ1) is 17.3. The lowest BCUT2D eigenvalue weighted by molar-refractivity contribution is -0.123. The number of unbranched alkanes of at least 4 members (excludes halogenated alkanes) is 1. The molecular formula is C28H29N3O4S. The van der Waals surface area contributed by atoms with Crippen LogP contribution in [0.2, 0.25) is 0 Å². The Morgan fingerprint density at radius 2 is 1.81 bits per heavy atom. The standard InChI is InChI=1S/C28H29N3O4S/c1-3-4-8-25(35-22-15-12-20-16-17-30-27(29)24(20)18-22)28(32)31-21-13-10-19(11-14-21)23-7-5-6-9-26(23)36(2,33)34/h5-7,9-18,25H,3-4,8H2,1-2H3,(H2,29,30)(H,31,32).